The summed E-state index contributed by atoms with van der Waals surface area (Å²) >= 11 is 0. The van der Waals surface area contributed by atoms with Crippen molar-refractivity contribution >= 4 is 5.69 Å². The molecule has 0 amide bonds. The topological polar surface area (TPSA) is 23.5 Å². The lowest BCUT2D eigenvalue weighted by Gasteiger charge is -2.18. The molecule has 0 bridgehead atoms. The fourth-order valence-electron chi connectivity index (χ4n) is 1.99. The van der Waals surface area contributed by atoms with Gasteiger partial charge < -0.3 is 10.0 Å². The number of benzene rings is 1. The van der Waals surface area contributed by atoms with Crippen LogP contribution in [0.15, 0.2) is 36.9 Å². The second kappa shape index (κ2) is 4.49. The number of hydrogen-bond acceptors (Lipinski definition) is 2. The Hall–Kier alpha value is -1.28. The zero-order chi connectivity index (χ0) is 10.7. The molecule has 1 saturated heterocycles. The van der Waals surface area contributed by atoms with E-state index in [1.807, 2.05) is 12.1 Å². The first-order valence-corrected chi connectivity index (χ1v) is 5.47. The van der Waals surface area contributed by atoms with E-state index in [-0.39, 0.29) is 0 Å². The van der Waals surface area contributed by atoms with Gasteiger partial charge in [-0.3, -0.25) is 0 Å². The molecule has 1 aliphatic heterocycles. The summed E-state index contributed by atoms with van der Waals surface area (Å²) in [5, 5.41) is 9.55. The van der Waals surface area contributed by atoms with Crippen LogP contribution >= 0.6 is 0 Å². The molecule has 0 spiro atoms. The summed E-state index contributed by atoms with van der Waals surface area (Å²) in [5.41, 5.74) is 2.17. The SMILES string of the molecule is C=CC(O)c1ccc(N2CCCC2)cc1. The fraction of sp³-hybridized carbons (Fsp3) is 0.385. The Labute approximate surface area is 90.8 Å². The first-order chi connectivity index (χ1) is 7.31. The number of anilines is 1. The van der Waals surface area contributed by atoms with Crippen LogP contribution in [0.1, 0.15) is 24.5 Å². The van der Waals surface area contributed by atoms with E-state index in [0.717, 1.165) is 18.7 Å². The standard InChI is InChI=1S/C13H17NO/c1-2-13(15)11-5-7-12(8-6-11)14-9-3-4-10-14/h2,5-8,13,15H,1,3-4,9-10H2. The minimum absolute atomic E-state index is 0.544. The van der Waals surface area contributed by atoms with Crippen molar-refractivity contribution in [3.63, 3.8) is 0 Å². The Morgan fingerprint density at radius 2 is 1.80 bits per heavy atom. The maximum atomic E-state index is 9.55. The van der Waals surface area contributed by atoms with Crippen molar-refractivity contribution in [2.75, 3.05) is 18.0 Å². The van der Waals surface area contributed by atoms with Gasteiger partial charge in [0.15, 0.2) is 0 Å². The molecule has 1 aromatic rings. The van der Waals surface area contributed by atoms with E-state index in [2.05, 4.69) is 23.6 Å². The third-order valence-corrected chi connectivity index (χ3v) is 2.93. The summed E-state index contributed by atoms with van der Waals surface area (Å²) in [6, 6.07) is 8.10. The lowest BCUT2D eigenvalue weighted by molar-refractivity contribution is 0.229. The van der Waals surface area contributed by atoms with E-state index in [0.29, 0.717) is 0 Å². The van der Waals surface area contributed by atoms with Crippen molar-refractivity contribution in [2.24, 2.45) is 0 Å². The molecule has 1 atom stereocenters. The molecular formula is C13H17NO. The number of hydrogen-bond donors (Lipinski definition) is 1. The van der Waals surface area contributed by atoms with Crippen molar-refractivity contribution in [3.8, 4) is 0 Å². The fourth-order valence-corrected chi connectivity index (χ4v) is 1.99. The van der Waals surface area contributed by atoms with Crippen molar-refractivity contribution in [3.05, 3.63) is 42.5 Å². The molecule has 0 saturated carbocycles. The van der Waals surface area contributed by atoms with Gasteiger partial charge in [-0.25, -0.2) is 0 Å². The van der Waals surface area contributed by atoms with Gasteiger partial charge in [0.1, 0.15) is 0 Å². The van der Waals surface area contributed by atoms with Crippen molar-refractivity contribution in [2.45, 2.75) is 18.9 Å². The molecule has 1 heterocycles. The zero-order valence-electron chi connectivity index (χ0n) is 8.89. The van der Waals surface area contributed by atoms with Crippen LogP contribution < -0.4 is 4.90 Å². The quantitative estimate of drug-likeness (QED) is 0.763. The molecule has 1 aliphatic rings. The molecule has 0 aromatic heterocycles. The second-order valence-electron chi connectivity index (χ2n) is 3.97. The normalized spacial score (nSPS) is 17.8. The van der Waals surface area contributed by atoms with Gasteiger partial charge in [-0.2, -0.15) is 0 Å². The highest BCUT2D eigenvalue weighted by molar-refractivity contribution is 5.48. The van der Waals surface area contributed by atoms with Crippen LogP contribution in [0.2, 0.25) is 0 Å². The van der Waals surface area contributed by atoms with Crippen LogP contribution in [0.5, 0.6) is 0 Å². The molecule has 2 heteroatoms. The van der Waals surface area contributed by atoms with Gasteiger partial charge in [0.25, 0.3) is 0 Å². The Morgan fingerprint density at radius 1 is 1.20 bits per heavy atom. The minimum atomic E-state index is -0.544. The average molecular weight is 203 g/mol. The van der Waals surface area contributed by atoms with Gasteiger partial charge in [0.2, 0.25) is 0 Å². The summed E-state index contributed by atoms with van der Waals surface area (Å²) in [4.78, 5) is 2.38. The highest BCUT2D eigenvalue weighted by Gasteiger charge is 2.12. The van der Waals surface area contributed by atoms with Crippen molar-refractivity contribution in [1.82, 2.24) is 0 Å². The molecule has 1 N–H and O–H groups in total. The first kappa shape index (κ1) is 10.2. The summed E-state index contributed by atoms with van der Waals surface area (Å²) < 4.78 is 0. The maximum absolute atomic E-state index is 9.55. The smallest absolute Gasteiger partial charge is 0.0969 e. The first-order valence-electron chi connectivity index (χ1n) is 5.47. The molecule has 1 aromatic carbocycles. The van der Waals surface area contributed by atoms with E-state index in [4.69, 9.17) is 0 Å². The third kappa shape index (κ3) is 2.21. The van der Waals surface area contributed by atoms with E-state index < -0.39 is 6.10 Å². The maximum Gasteiger partial charge on any atom is 0.0969 e. The molecule has 80 valence electrons. The zero-order valence-corrected chi connectivity index (χ0v) is 8.89. The largest absolute Gasteiger partial charge is 0.384 e. The Bertz CT molecular complexity index is 325. The lowest BCUT2D eigenvalue weighted by atomic mass is 10.1. The van der Waals surface area contributed by atoms with Crippen LogP contribution in [0.3, 0.4) is 0 Å². The minimum Gasteiger partial charge on any atom is -0.384 e. The lowest BCUT2D eigenvalue weighted by Crippen LogP contribution is -2.17. The average Bonchev–Trinajstić information content (AvgIpc) is 2.82. The number of aliphatic hydroxyl groups is 1. The molecular weight excluding hydrogens is 186 g/mol. The Kier molecular flexibility index (Phi) is 3.07. The van der Waals surface area contributed by atoms with Crippen molar-refractivity contribution in [1.29, 1.82) is 0 Å². The Morgan fingerprint density at radius 3 is 2.33 bits per heavy atom. The van der Waals surface area contributed by atoms with E-state index in [1.54, 1.807) is 6.08 Å². The summed E-state index contributed by atoms with van der Waals surface area (Å²) in [6.07, 6.45) is 3.58. The molecule has 0 radical (unpaired) electrons. The molecule has 0 aliphatic carbocycles. The van der Waals surface area contributed by atoms with Crippen LogP contribution in [0.25, 0.3) is 0 Å². The predicted molar refractivity (Wildman–Crippen MR) is 63.0 cm³/mol. The molecule has 2 nitrogen and oxygen atoms in total. The van der Waals surface area contributed by atoms with E-state index >= 15 is 0 Å². The van der Waals surface area contributed by atoms with Gasteiger partial charge in [0, 0.05) is 18.8 Å². The van der Waals surface area contributed by atoms with E-state index in [1.165, 1.54) is 18.5 Å². The second-order valence-corrected chi connectivity index (χ2v) is 3.97. The van der Waals surface area contributed by atoms with Crippen LogP contribution in [0, 0.1) is 0 Å². The van der Waals surface area contributed by atoms with Gasteiger partial charge in [-0.05, 0) is 30.5 Å². The number of nitrogens with zero attached hydrogens (tertiary/aromatic N) is 1. The highest BCUT2D eigenvalue weighted by Crippen LogP contribution is 2.22. The molecule has 15 heavy (non-hydrogen) atoms. The molecule has 1 fully saturated rings. The monoisotopic (exact) mass is 203 g/mol. The highest BCUT2D eigenvalue weighted by atomic mass is 16.3. The van der Waals surface area contributed by atoms with E-state index in [9.17, 15) is 5.11 Å². The van der Waals surface area contributed by atoms with Crippen molar-refractivity contribution < 1.29 is 5.11 Å². The number of rotatable bonds is 3. The van der Waals surface area contributed by atoms with Gasteiger partial charge in [-0.15, -0.1) is 6.58 Å². The van der Waals surface area contributed by atoms with Crippen LogP contribution in [-0.4, -0.2) is 18.2 Å². The Balaban J connectivity index is 2.12. The van der Waals surface area contributed by atoms with Gasteiger partial charge >= 0.3 is 0 Å². The van der Waals surface area contributed by atoms with Crippen LogP contribution in [-0.2, 0) is 0 Å². The predicted octanol–water partition coefficient (Wildman–Crippen LogP) is 2.51. The summed E-state index contributed by atoms with van der Waals surface area (Å²) in [5.74, 6) is 0. The number of aliphatic hydroxyl groups excluding tert-OH is 1. The molecule has 2 rings (SSSR count). The summed E-state index contributed by atoms with van der Waals surface area (Å²) in [6.45, 7) is 5.89. The summed E-state index contributed by atoms with van der Waals surface area (Å²) in [7, 11) is 0. The van der Waals surface area contributed by atoms with Gasteiger partial charge in [0.05, 0.1) is 6.10 Å². The molecule has 1 unspecified atom stereocenters. The van der Waals surface area contributed by atoms with Crippen LogP contribution in [0.4, 0.5) is 5.69 Å². The van der Waals surface area contributed by atoms with Gasteiger partial charge in [-0.1, -0.05) is 18.2 Å². The third-order valence-electron chi connectivity index (χ3n) is 2.93.